The number of halogens is 1. The van der Waals surface area contributed by atoms with Crippen LogP contribution in [0, 0.1) is 0 Å². The van der Waals surface area contributed by atoms with Crippen LogP contribution in [0.4, 0.5) is 5.13 Å². The number of anilines is 1. The van der Waals surface area contributed by atoms with Gasteiger partial charge in [-0.2, -0.15) is 0 Å². The zero-order valence-corrected chi connectivity index (χ0v) is 12.4. The van der Waals surface area contributed by atoms with Crippen molar-refractivity contribution in [2.45, 2.75) is 13.0 Å². The summed E-state index contributed by atoms with van der Waals surface area (Å²) < 4.78 is 30.7. The number of hydrogen-bond donors (Lipinski definition) is 0. The van der Waals surface area contributed by atoms with Gasteiger partial charge in [0.2, 0.25) is 10.0 Å². The molecule has 0 saturated carbocycles. The number of methoxy groups -OCH3 is 1. The second kappa shape index (κ2) is 5.44. The summed E-state index contributed by atoms with van der Waals surface area (Å²) >= 11 is 4.51. The van der Waals surface area contributed by atoms with E-state index in [0.29, 0.717) is 5.13 Å². The molecular weight excluding hydrogens is 316 g/mol. The Bertz CT molecular complexity index is 446. The summed E-state index contributed by atoms with van der Waals surface area (Å²) in [5.74, 6) is -0.0583. The van der Waals surface area contributed by atoms with Crippen LogP contribution in [-0.4, -0.2) is 39.4 Å². The fourth-order valence-corrected chi connectivity index (χ4v) is 3.73. The third-order valence-electron chi connectivity index (χ3n) is 2.00. The zero-order valence-electron chi connectivity index (χ0n) is 9.18. The highest BCUT2D eigenvalue weighted by Crippen LogP contribution is 2.27. The van der Waals surface area contributed by atoms with Crippen LogP contribution in [0.25, 0.3) is 0 Å². The topological polar surface area (TPSA) is 59.5 Å². The monoisotopic (exact) mass is 328 g/mol. The Kier molecular flexibility index (Phi) is 4.72. The molecule has 8 heteroatoms. The molecule has 0 fully saturated rings. The Morgan fingerprint density at radius 3 is 2.75 bits per heavy atom. The minimum atomic E-state index is -3.38. The molecule has 5 nitrogen and oxygen atoms in total. The first-order valence-corrected chi connectivity index (χ1v) is 7.69. The molecule has 0 radical (unpaired) electrons. The number of sulfonamides is 1. The fraction of sp³-hybridized carbons (Fsp3) is 0.625. The van der Waals surface area contributed by atoms with E-state index >= 15 is 0 Å². The van der Waals surface area contributed by atoms with E-state index in [4.69, 9.17) is 4.74 Å². The molecule has 1 atom stereocenters. The highest BCUT2D eigenvalue weighted by Gasteiger charge is 2.23. The lowest BCUT2D eigenvalue weighted by atomic mass is 10.5. The highest BCUT2D eigenvalue weighted by molar-refractivity contribution is 9.11. The summed E-state index contributed by atoms with van der Waals surface area (Å²) in [5.41, 5.74) is 0. The van der Waals surface area contributed by atoms with Crippen molar-refractivity contribution in [2.24, 2.45) is 0 Å². The van der Waals surface area contributed by atoms with Crippen LogP contribution in [0.3, 0.4) is 0 Å². The third kappa shape index (κ3) is 3.41. The predicted molar refractivity (Wildman–Crippen MR) is 68.5 cm³/mol. The average Bonchev–Trinajstić information content (AvgIpc) is 2.62. The van der Waals surface area contributed by atoms with Crippen molar-refractivity contribution in [3.63, 3.8) is 0 Å². The minimum absolute atomic E-state index is 0.0583. The lowest BCUT2D eigenvalue weighted by Gasteiger charge is -2.18. The van der Waals surface area contributed by atoms with Gasteiger partial charge in [-0.1, -0.05) is 11.3 Å². The van der Waals surface area contributed by atoms with Gasteiger partial charge in [-0.25, -0.2) is 17.7 Å². The number of thiazole rings is 1. The molecule has 0 bridgehead atoms. The molecule has 1 heterocycles. The van der Waals surface area contributed by atoms with E-state index in [1.54, 1.807) is 13.1 Å². The van der Waals surface area contributed by atoms with Gasteiger partial charge < -0.3 is 4.74 Å². The standard InChI is InChI=1S/C8H13BrN2O3S2/c1-6(14-3)5-16(12,13)11(2)8-10-4-7(9)15-8/h4,6H,5H2,1-3H3. The highest BCUT2D eigenvalue weighted by atomic mass is 79.9. The van der Waals surface area contributed by atoms with Crippen molar-refractivity contribution in [2.75, 3.05) is 24.2 Å². The van der Waals surface area contributed by atoms with E-state index in [9.17, 15) is 8.42 Å². The number of nitrogens with zero attached hydrogens (tertiary/aromatic N) is 2. The Labute approximate surface area is 108 Å². The van der Waals surface area contributed by atoms with Crippen LogP contribution < -0.4 is 4.31 Å². The number of ether oxygens (including phenoxy) is 1. The van der Waals surface area contributed by atoms with Gasteiger partial charge in [0.1, 0.15) is 0 Å². The van der Waals surface area contributed by atoms with E-state index in [-0.39, 0.29) is 11.9 Å². The summed E-state index contributed by atoms with van der Waals surface area (Å²) in [6, 6.07) is 0. The van der Waals surface area contributed by atoms with Crippen molar-refractivity contribution in [3.8, 4) is 0 Å². The van der Waals surface area contributed by atoms with Crippen LogP contribution in [0.15, 0.2) is 9.98 Å². The van der Waals surface area contributed by atoms with Crippen molar-refractivity contribution in [1.29, 1.82) is 0 Å². The molecule has 0 aliphatic rings. The summed E-state index contributed by atoms with van der Waals surface area (Å²) in [4.78, 5) is 3.99. The first kappa shape index (κ1) is 13.9. The molecule has 1 aromatic heterocycles. The van der Waals surface area contributed by atoms with Gasteiger partial charge in [0.25, 0.3) is 0 Å². The SMILES string of the molecule is COC(C)CS(=O)(=O)N(C)c1ncc(Br)s1. The maximum Gasteiger partial charge on any atom is 0.239 e. The molecule has 1 rings (SSSR count). The van der Waals surface area contributed by atoms with Crippen LogP contribution in [0.5, 0.6) is 0 Å². The Morgan fingerprint density at radius 2 is 2.31 bits per heavy atom. The fourth-order valence-electron chi connectivity index (χ4n) is 0.987. The van der Waals surface area contributed by atoms with E-state index in [2.05, 4.69) is 20.9 Å². The molecule has 0 aliphatic heterocycles. The summed E-state index contributed by atoms with van der Waals surface area (Å²) in [6.07, 6.45) is 1.24. The summed E-state index contributed by atoms with van der Waals surface area (Å²) in [7, 11) is -0.401. The quantitative estimate of drug-likeness (QED) is 0.825. The number of aromatic nitrogens is 1. The van der Waals surface area contributed by atoms with Crippen LogP contribution >= 0.6 is 27.3 Å². The predicted octanol–water partition coefficient (Wildman–Crippen LogP) is 1.71. The van der Waals surface area contributed by atoms with Crippen molar-refractivity contribution >= 4 is 42.4 Å². The molecule has 0 spiro atoms. The van der Waals surface area contributed by atoms with E-state index in [0.717, 1.165) is 3.79 Å². The molecule has 0 amide bonds. The zero-order chi connectivity index (χ0) is 12.3. The minimum Gasteiger partial charge on any atom is -0.381 e. The van der Waals surface area contributed by atoms with Gasteiger partial charge in [0, 0.05) is 14.2 Å². The van der Waals surface area contributed by atoms with Gasteiger partial charge in [-0.15, -0.1) is 0 Å². The van der Waals surface area contributed by atoms with Gasteiger partial charge in [0.05, 0.1) is 21.8 Å². The first-order valence-electron chi connectivity index (χ1n) is 4.47. The molecule has 1 aromatic rings. The van der Waals surface area contributed by atoms with Gasteiger partial charge >= 0.3 is 0 Å². The smallest absolute Gasteiger partial charge is 0.239 e. The third-order valence-corrected chi connectivity index (χ3v) is 5.57. The lowest BCUT2D eigenvalue weighted by molar-refractivity contribution is 0.136. The van der Waals surface area contributed by atoms with Crippen molar-refractivity contribution in [1.82, 2.24) is 4.98 Å². The molecule has 1 unspecified atom stereocenters. The number of rotatable bonds is 5. The molecule has 0 aliphatic carbocycles. The average molecular weight is 329 g/mol. The molecule has 16 heavy (non-hydrogen) atoms. The molecule has 0 saturated heterocycles. The maximum absolute atomic E-state index is 11.9. The lowest BCUT2D eigenvalue weighted by Crippen LogP contribution is -2.33. The Balaban J connectivity index is 2.84. The van der Waals surface area contributed by atoms with E-state index in [1.165, 1.54) is 29.8 Å². The number of hydrogen-bond acceptors (Lipinski definition) is 5. The largest absolute Gasteiger partial charge is 0.381 e. The van der Waals surface area contributed by atoms with Crippen molar-refractivity contribution < 1.29 is 13.2 Å². The molecule has 0 N–H and O–H groups in total. The normalized spacial score (nSPS) is 13.8. The molecular formula is C8H13BrN2O3S2. The molecule has 0 aromatic carbocycles. The Morgan fingerprint density at radius 1 is 1.69 bits per heavy atom. The van der Waals surface area contributed by atoms with Crippen LogP contribution in [0.2, 0.25) is 0 Å². The second-order valence-electron chi connectivity index (χ2n) is 3.24. The van der Waals surface area contributed by atoms with E-state index < -0.39 is 10.0 Å². The van der Waals surface area contributed by atoms with Crippen molar-refractivity contribution in [3.05, 3.63) is 9.98 Å². The molecule has 92 valence electrons. The summed E-state index contributed by atoms with van der Waals surface area (Å²) in [5, 5.41) is 0.440. The van der Waals surface area contributed by atoms with Gasteiger partial charge in [-0.05, 0) is 22.9 Å². The maximum atomic E-state index is 11.9. The van der Waals surface area contributed by atoms with Crippen LogP contribution in [-0.2, 0) is 14.8 Å². The second-order valence-corrected chi connectivity index (χ2v) is 7.67. The first-order chi connectivity index (χ1) is 7.36. The van der Waals surface area contributed by atoms with Gasteiger partial charge in [-0.3, -0.25) is 0 Å². The Hall–Kier alpha value is -0.180. The summed E-state index contributed by atoms with van der Waals surface area (Å²) in [6.45, 7) is 1.71. The van der Waals surface area contributed by atoms with Crippen LogP contribution in [0.1, 0.15) is 6.92 Å². The van der Waals surface area contributed by atoms with Gasteiger partial charge in [0.15, 0.2) is 5.13 Å². The van der Waals surface area contributed by atoms with E-state index in [1.807, 2.05) is 0 Å².